The number of halogens is 2. The fourth-order valence-electron chi connectivity index (χ4n) is 1.63. The second kappa shape index (κ2) is 7.17. The van der Waals surface area contributed by atoms with E-state index in [1.807, 2.05) is 5.48 Å². The molecule has 1 rings (SSSR count). The minimum absolute atomic E-state index is 0.0104. The summed E-state index contributed by atoms with van der Waals surface area (Å²) in [7, 11) is 0. The molecule has 2 unspecified atom stereocenters. The number of carbonyl (C=O) groups is 1. The summed E-state index contributed by atoms with van der Waals surface area (Å²) >= 11 is 0. The van der Waals surface area contributed by atoms with Gasteiger partial charge in [-0.3, -0.25) is 0 Å². The van der Waals surface area contributed by atoms with Gasteiger partial charge in [-0.15, -0.1) is 0 Å². The normalized spacial score (nSPS) is 23.5. The van der Waals surface area contributed by atoms with Crippen LogP contribution < -0.4 is 5.48 Å². The molecule has 0 saturated heterocycles. The largest absolute Gasteiger partial charge is 0.463 e. The van der Waals surface area contributed by atoms with Gasteiger partial charge in [0.05, 0.1) is 18.2 Å². The lowest BCUT2D eigenvalue weighted by Gasteiger charge is -2.19. The number of allylic oxidation sites excluding steroid dienone is 2. The SMILES string of the molecule is CCOC(=O)C1=CC=C(OC(F)F)C(O)CC1NO. The van der Waals surface area contributed by atoms with E-state index in [-0.39, 0.29) is 24.4 Å². The molecule has 0 spiro atoms. The Labute approximate surface area is 108 Å². The first-order valence-electron chi connectivity index (χ1n) is 5.61. The summed E-state index contributed by atoms with van der Waals surface area (Å²) in [6.07, 6.45) is 0.641. The van der Waals surface area contributed by atoms with E-state index >= 15 is 0 Å². The van der Waals surface area contributed by atoms with E-state index in [9.17, 15) is 18.7 Å². The smallest absolute Gasteiger partial charge is 0.387 e. The third-order valence-corrected chi connectivity index (χ3v) is 2.48. The zero-order chi connectivity index (χ0) is 14.4. The summed E-state index contributed by atoms with van der Waals surface area (Å²) in [5, 5.41) is 18.6. The van der Waals surface area contributed by atoms with Crippen molar-refractivity contribution in [3.63, 3.8) is 0 Å². The van der Waals surface area contributed by atoms with Gasteiger partial charge in [0.1, 0.15) is 11.9 Å². The van der Waals surface area contributed by atoms with Crippen molar-refractivity contribution in [2.24, 2.45) is 0 Å². The van der Waals surface area contributed by atoms with Crippen LogP contribution in [0.1, 0.15) is 13.3 Å². The average Bonchev–Trinajstić information content (AvgIpc) is 2.49. The Morgan fingerprint density at radius 3 is 2.79 bits per heavy atom. The highest BCUT2D eigenvalue weighted by atomic mass is 19.3. The summed E-state index contributed by atoms with van der Waals surface area (Å²) in [5.74, 6) is -1.09. The molecule has 0 aliphatic heterocycles. The molecule has 1 aliphatic rings. The summed E-state index contributed by atoms with van der Waals surface area (Å²) in [6, 6.07) is -0.941. The molecular formula is C11H15F2NO5. The molecule has 0 aromatic heterocycles. The van der Waals surface area contributed by atoms with Crippen molar-refractivity contribution in [1.29, 1.82) is 0 Å². The minimum atomic E-state index is -3.08. The molecule has 0 radical (unpaired) electrons. The molecule has 19 heavy (non-hydrogen) atoms. The number of nitrogens with one attached hydrogen (secondary N) is 1. The lowest BCUT2D eigenvalue weighted by Crippen LogP contribution is -2.35. The van der Waals surface area contributed by atoms with Gasteiger partial charge in [0, 0.05) is 6.42 Å². The molecule has 0 amide bonds. The first-order chi connectivity index (χ1) is 8.99. The number of aliphatic hydroxyl groups excluding tert-OH is 1. The highest BCUT2D eigenvalue weighted by molar-refractivity contribution is 5.90. The van der Waals surface area contributed by atoms with E-state index in [0.29, 0.717) is 0 Å². The van der Waals surface area contributed by atoms with Crippen molar-refractivity contribution in [3.05, 3.63) is 23.5 Å². The fourth-order valence-corrected chi connectivity index (χ4v) is 1.63. The van der Waals surface area contributed by atoms with E-state index in [2.05, 4.69) is 4.74 Å². The minimum Gasteiger partial charge on any atom is -0.463 e. The van der Waals surface area contributed by atoms with Crippen LogP contribution in [0, 0.1) is 0 Å². The average molecular weight is 279 g/mol. The Bertz CT molecular complexity index is 383. The maximum absolute atomic E-state index is 12.1. The highest BCUT2D eigenvalue weighted by Gasteiger charge is 2.29. The molecule has 3 N–H and O–H groups in total. The molecule has 0 aromatic carbocycles. The maximum atomic E-state index is 12.1. The zero-order valence-corrected chi connectivity index (χ0v) is 10.2. The van der Waals surface area contributed by atoms with Crippen LogP contribution in [0.4, 0.5) is 8.78 Å². The van der Waals surface area contributed by atoms with Crippen molar-refractivity contribution in [2.45, 2.75) is 32.1 Å². The lowest BCUT2D eigenvalue weighted by molar-refractivity contribution is -0.139. The van der Waals surface area contributed by atoms with Gasteiger partial charge < -0.3 is 19.8 Å². The third-order valence-electron chi connectivity index (χ3n) is 2.48. The van der Waals surface area contributed by atoms with Crippen LogP contribution in [0.3, 0.4) is 0 Å². The van der Waals surface area contributed by atoms with Gasteiger partial charge in [-0.05, 0) is 19.1 Å². The highest BCUT2D eigenvalue weighted by Crippen LogP contribution is 2.22. The summed E-state index contributed by atoms with van der Waals surface area (Å²) in [6.45, 7) is -1.35. The summed E-state index contributed by atoms with van der Waals surface area (Å²) in [5.41, 5.74) is 1.84. The predicted octanol–water partition coefficient (Wildman–Crippen LogP) is 0.711. The molecule has 0 fully saturated rings. The Morgan fingerprint density at radius 2 is 2.26 bits per heavy atom. The molecule has 0 heterocycles. The number of rotatable bonds is 5. The van der Waals surface area contributed by atoms with Crippen LogP contribution in [0.5, 0.6) is 0 Å². The Hall–Kier alpha value is -1.51. The van der Waals surface area contributed by atoms with Crippen molar-refractivity contribution in [1.82, 2.24) is 5.48 Å². The van der Waals surface area contributed by atoms with Crippen molar-refractivity contribution >= 4 is 5.97 Å². The van der Waals surface area contributed by atoms with Crippen molar-refractivity contribution in [3.8, 4) is 0 Å². The number of hydrogen-bond donors (Lipinski definition) is 3. The Kier molecular flexibility index (Phi) is 5.87. The number of aliphatic hydroxyl groups is 1. The number of carbonyl (C=O) groups excluding carboxylic acids is 1. The van der Waals surface area contributed by atoms with Crippen LogP contribution in [-0.2, 0) is 14.3 Å². The first kappa shape index (κ1) is 15.5. The molecule has 0 bridgehead atoms. The van der Waals surface area contributed by atoms with Gasteiger partial charge in [0.25, 0.3) is 0 Å². The van der Waals surface area contributed by atoms with Gasteiger partial charge in [-0.2, -0.15) is 14.3 Å². The van der Waals surface area contributed by atoms with Crippen LogP contribution >= 0.6 is 0 Å². The second-order valence-electron chi connectivity index (χ2n) is 3.72. The molecule has 2 atom stereocenters. The summed E-state index contributed by atoms with van der Waals surface area (Å²) < 4.78 is 33.2. The third kappa shape index (κ3) is 4.27. The molecule has 6 nitrogen and oxygen atoms in total. The summed E-state index contributed by atoms with van der Waals surface area (Å²) in [4.78, 5) is 11.6. The van der Waals surface area contributed by atoms with Gasteiger partial charge in [0.15, 0.2) is 0 Å². The van der Waals surface area contributed by atoms with Gasteiger partial charge in [-0.1, -0.05) is 0 Å². The first-order valence-corrected chi connectivity index (χ1v) is 5.61. The molecule has 1 aliphatic carbocycles. The van der Waals surface area contributed by atoms with Crippen LogP contribution in [0.2, 0.25) is 0 Å². The Balaban J connectivity index is 2.95. The van der Waals surface area contributed by atoms with Gasteiger partial charge in [-0.25, -0.2) is 4.79 Å². The molecular weight excluding hydrogens is 264 g/mol. The maximum Gasteiger partial charge on any atom is 0.387 e. The van der Waals surface area contributed by atoms with Gasteiger partial charge >= 0.3 is 12.6 Å². The number of alkyl halides is 2. The number of ether oxygens (including phenoxy) is 2. The number of hydrogen-bond acceptors (Lipinski definition) is 6. The van der Waals surface area contributed by atoms with Crippen LogP contribution in [0.15, 0.2) is 23.5 Å². The van der Waals surface area contributed by atoms with E-state index in [4.69, 9.17) is 9.94 Å². The van der Waals surface area contributed by atoms with Crippen LogP contribution in [0.25, 0.3) is 0 Å². The van der Waals surface area contributed by atoms with Crippen molar-refractivity contribution < 1.29 is 33.4 Å². The number of hydroxylamine groups is 1. The zero-order valence-electron chi connectivity index (χ0n) is 10.2. The Morgan fingerprint density at radius 1 is 1.58 bits per heavy atom. The van der Waals surface area contributed by atoms with E-state index in [1.165, 1.54) is 6.08 Å². The molecule has 8 heteroatoms. The predicted molar refractivity (Wildman–Crippen MR) is 59.2 cm³/mol. The van der Waals surface area contributed by atoms with Crippen LogP contribution in [-0.4, -0.2) is 41.6 Å². The molecule has 0 saturated carbocycles. The lowest BCUT2D eigenvalue weighted by atomic mass is 10.0. The topological polar surface area (TPSA) is 88.0 Å². The molecule has 108 valence electrons. The monoisotopic (exact) mass is 279 g/mol. The number of esters is 1. The fraction of sp³-hybridized carbons (Fsp3) is 0.545. The van der Waals surface area contributed by atoms with E-state index in [0.717, 1.165) is 6.08 Å². The standard InChI is InChI=1S/C11H15F2NO5/c1-2-18-10(16)6-3-4-9(19-11(12)13)8(15)5-7(6)14-17/h3-4,7-8,11,14-15,17H,2,5H2,1H3. The van der Waals surface area contributed by atoms with Crippen molar-refractivity contribution in [2.75, 3.05) is 6.61 Å². The molecule has 0 aromatic rings. The second-order valence-corrected chi connectivity index (χ2v) is 3.72. The van der Waals surface area contributed by atoms with E-state index < -0.39 is 24.7 Å². The quantitative estimate of drug-likeness (QED) is 0.507. The van der Waals surface area contributed by atoms with Gasteiger partial charge in [0.2, 0.25) is 0 Å². The van der Waals surface area contributed by atoms with E-state index in [1.54, 1.807) is 6.92 Å².